The number of carbonyl (C=O) groups is 1. The molecule has 19 heavy (non-hydrogen) atoms. The first-order valence-electron chi connectivity index (χ1n) is 5.89. The first-order valence-corrected chi connectivity index (χ1v) is 7.44. The molecule has 1 saturated heterocycles. The van der Waals surface area contributed by atoms with Gasteiger partial charge in [-0.3, -0.25) is 4.79 Å². The van der Waals surface area contributed by atoms with Crippen molar-refractivity contribution in [1.82, 2.24) is 14.9 Å². The van der Waals surface area contributed by atoms with Gasteiger partial charge in [0.05, 0.1) is 5.75 Å². The summed E-state index contributed by atoms with van der Waals surface area (Å²) in [6.45, 7) is 0.742. The number of carbonyl (C=O) groups excluding carboxylic acids is 1. The van der Waals surface area contributed by atoms with Gasteiger partial charge >= 0.3 is 10.2 Å². The molecular weight excluding hydrogens is 273 g/mol. The third-order valence-electron chi connectivity index (χ3n) is 3.01. The Hall–Kier alpha value is -1.57. The highest BCUT2D eigenvalue weighted by atomic mass is 32.3. The summed E-state index contributed by atoms with van der Waals surface area (Å²) >= 11 is 0. The van der Waals surface area contributed by atoms with Crippen molar-refractivity contribution in [2.75, 3.05) is 18.8 Å². The highest BCUT2D eigenvalue weighted by Crippen LogP contribution is 2.20. The van der Waals surface area contributed by atoms with Crippen LogP contribution in [0.1, 0.15) is 12.1 Å². The molecule has 0 N–H and O–H groups in total. The van der Waals surface area contributed by atoms with E-state index in [0.29, 0.717) is 13.0 Å². The fraction of sp³-hybridized carbons (Fsp3) is 0.545. The van der Waals surface area contributed by atoms with E-state index in [9.17, 15) is 17.1 Å². The summed E-state index contributed by atoms with van der Waals surface area (Å²) in [5.74, 6) is -1.17. The van der Waals surface area contributed by atoms with E-state index in [-0.39, 0.29) is 18.9 Å². The smallest absolute Gasteiger partial charge is 0.302 e. The molecule has 6 nitrogen and oxygen atoms in total. The highest BCUT2D eigenvalue weighted by Gasteiger charge is 2.32. The van der Waals surface area contributed by atoms with Crippen molar-refractivity contribution >= 4 is 16.1 Å². The molecule has 0 saturated carbocycles. The largest absolute Gasteiger partial charge is 0.342 e. The Morgan fingerprint density at radius 3 is 2.89 bits per heavy atom. The number of hydrogen-bond acceptors (Lipinski definition) is 5. The Morgan fingerprint density at radius 1 is 1.47 bits per heavy atom. The molecule has 0 bridgehead atoms. The van der Waals surface area contributed by atoms with Crippen LogP contribution in [-0.2, 0) is 21.4 Å². The zero-order valence-corrected chi connectivity index (χ0v) is 11.0. The maximum Gasteiger partial charge on any atom is 0.302 e. The van der Waals surface area contributed by atoms with Crippen molar-refractivity contribution in [3.63, 3.8) is 0 Å². The lowest BCUT2D eigenvalue weighted by Gasteiger charge is -2.15. The van der Waals surface area contributed by atoms with Crippen LogP contribution in [-0.4, -0.2) is 48.0 Å². The molecule has 1 aromatic rings. The fourth-order valence-corrected chi connectivity index (χ4v) is 2.97. The second-order valence-electron chi connectivity index (χ2n) is 4.57. The topological polar surface area (TPSA) is 80.2 Å². The lowest BCUT2D eigenvalue weighted by atomic mass is 10.1. The van der Waals surface area contributed by atoms with Gasteiger partial charge in [-0.05, 0) is 6.07 Å². The van der Waals surface area contributed by atoms with Crippen molar-refractivity contribution in [1.29, 1.82) is 0 Å². The summed E-state index contributed by atoms with van der Waals surface area (Å²) in [5, 5.41) is 0. The summed E-state index contributed by atoms with van der Waals surface area (Å²) in [7, 11) is -4.52. The Morgan fingerprint density at radius 2 is 2.26 bits per heavy atom. The fourth-order valence-electron chi connectivity index (χ4n) is 2.18. The van der Waals surface area contributed by atoms with E-state index < -0.39 is 21.9 Å². The molecule has 0 spiro atoms. The average molecular weight is 287 g/mol. The first-order chi connectivity index (χ1) is 8.94. The first kappa shape index (κ1) is 13.9. The zero-order valence-electron chi connectivity index (χ0n) is 10.2. The molecule has 2 heterocycles. The molecule has 1 aliphatic heterocycles. The van der Waals surface area contributed by atoms with Crippen LogP contribution >= 0.6 is 0 Å². The Bertz CT molecular complexity index is 550. The Labute approximate surface area is 110 Å². The van der Waals surface area contributed by atoms with E-state index in [1.54, 1.807) is 17.2 Å². The van der Waals surface area contributed by atoms with Crippen LogP contribution in [0, 0.1) is 5.92 Å². The van der Waals surface area contributed by atoms with Gasteiger partial charge in [-0.2, -0.15) is 8.42 Å². The minimum atomic E-state index is -4.52. The predicted octanol–water partition coefficient (Wildman–Crippen LogP) is 0.167. The second-order valence-corrected chi connectivity index (χ2v) is 5.98. The molecule has 2 rings (SSSR count). The highest BCUT2D eigenvalue weighted by molar-refractivity contribution is 7.86. The van der Waals surface area contributed by atoms with Crippen LogP contribution < -0.4 is 0 Å². The quantitative estimate of drug-likeness (QED) is 0.721. The number of rotatable bonds is 5. The van der Waals surface area contributed by atoms with Crippen LogP contribution in [0.5, 0.6) is 0 Å². The maximum atomic E-state index is 12.6. The van der Waals surface area contributed by atoms with Crippen molar-refractivity contribution in [2.45, 2.75) is 12.8 Å². The van der Waals surface area contributed by atoms with E-state index in [0.717, 1.165) is 5.69 Å². The Balaban J connectivity index is 1.87. The molecule has 0 radical (unpaired) electrons. The van der Waals surface area contributed by atoms with Crippen LogP contribution in [0.4, 0.5) is 3.89 Å². The van der Waals surface area contributed by atoms with Gasteiger partial charge in [-0.25, -0.2) is 9.97 Å². The number of likely N-dealkylation sites (tertiary alicyclic amines) is 1. The molecule has 8 heteroatoms. The predicted molar refractivity (Wildman–Crippen MR) is 65.3 cm³/mol. The Kier molecular flexibility index (Phi) is 4.08. The number of nitrogens with zero attached hydrogens (tertiary/aromatic N) is 3. The van der Waals surface area contributed by atoms with Crippen molar-refractivity contribution in [3.05, 3.63) is 24.3 Å². The summed E-state index contributed by atoms with van der Waals surface area (Å²) in [6, 6.07) is 1.75. The minimum Gasteiger partial charge on any atom is -0.342 e. The number of aromatic nitrogens is 2. The van der Waals surface area contributed by atoms with E-state index in [1.807, 2.05) is 0 Å². The zero-order chi connectivity index (χ0) is 13.9. The lowest BCUT2D eigenvalue weighted by Crippen LogP contribution is -2.28. The van der Waals surface area contributed by atoms with Crippen LogP contribution in [0.15, 0.2) is 18.6 Å². The summed E-state index contributed by atoms with van der Waals surface area (Å²) in [6.07, 6.45) is 3.71. The van der Waals surface area contributed by atoms with Gasteiger partial charge < -0.3 is 4.90 Å². The molecule has 0 aromatic carbocycles. The van der Waals surface area contributed by atoms with Crippen LogP contribution in [0.2, 0.25) is 0 Å². The summed E-state index contributed by atoms with van der Waals surface area (Å²) < 4.78 is 33.7. The second kappa shape index (κ2) is 5.60. The van der Waals surface area contributed by atoms with Crippen LogP contribution in [0.25, 0.3) is 0 Å². The number of amides is 1. The summed E-state index contributed by atoms with van der Waals surface area (Å²) in [5.41, 5.74) is 0.810. The number of halogens is 1. The molecule has 1 fully saturated rings. The third-order valence-corrected chi connectivity index (χ3v) is 3.88. The SMILES string of the molecule is O=C1CC(CS(=O)(=O)F)CN1CCc1ccncn1. The lowest BCUT2D eigenvalue weighted by molar-refractivity contribution is -0.127. The van der Waals surface area contributed by atoms with Crippen molar-refractivity contribution < 1.29 is 17.1 Å². The van der Waals surface area contributed by atoms with Gasteiger partial charge in [0.25, 0.3) is 0 Å². The van der Waals surface area contributed by atoms with E-state index in [1.165, 1.54) is 6.33 Å². The molecule has 0 aliphatic carbocycles. The normalized spacial score (nSPS) is 19.9. The van der Waals surface area contributed by atoms with E-state index in [4.69, 9.17) is 0 Å². The molecule has 1 atom stereocenters. The molecule has 104 valence electrons. The van der Waals surface area contributed by atoms with Gasteiger partial charge in [0, 0.05) is 43.7 Å². The molecule has 1 amide bonds. The van der Waals surface area contributed by atoms with Crippen LogP contribution in [0.3, 0.4) is 0 Å². The average Bonchev–Trinajstić information content (AvgIpc) is 2.66. The van der Waals surface area contributed by atoms with Gasteiger partial charge in [-0.15, -0.1) is 3.89 Å². The van der Waals surface area contributed by atoms with Crippen molar-refractivity contribution in [3.8, 4) is 0 Å². The van der Waals surface area contributed by atoms with Gasteiger partial charge in [0.1, 0.15) is 6.33 Å². The molecule has 1 aliphatic rings. The third kappa shape index (κ3) is 4.23. The molecule has 1 aromatic heterocycles. The minimum absolute atomic E-state index is 0.0902. The molecular formula is C11H14FN3O3S. The maximum absolute atomic E-state index is 12.6. The standard InChI is InChI=1S/C11H14FN3O3S/c12-19(17,18)7-9-5-11(16)15(6-9)4-2-10-1-3-13-8-14-10/h1,3,8-9H,2,4-7H2. The van der Waals surface area contributed by atoms with E-state index in [2.05, 4.69) is 9.97 Å². The van der Waals surface area contributed by atoms with E-state index >= 15 is 0 Å². The van der Waals surface area contributed by atoms with Gasteiger partial charge in [0.2, 0.25) is 5.91 Å². The monoisotopic (exact) mass is 287 g/mol. The van der Waals surface area contributed by atoms with Crippen molar-refractivity contribution in [2.24, 2.45) is 5.92 Å². The van der Waals surface area contributed by atoms with Gasteiger partial charge in [-0.1, -0.05) is 0 Å². The van der Waals surface area contributed by atoms with Gasteiger partial charge in [0.15, 0.2) is 0 Å². The summed E-state index contributed by atoms with van der Waals surface area (Å²) in [4.78, 5) is 21.1. The molecule has 1 unspecified atom stereocenters. The number of hydrogen-bond donors (Lipinski definition) is 0.